The first-order valence-corrected chi connectivity index (χ1v) is 8.71. The average molecular weight is 359 g/mol. The minimum absolute atomic E-state index is 0.0914. The van der Waals surface area contributed by atoms with Gasteiger partial charge in [0.05, 0.1) is 0 Å². The first kappa shape index (κ1) is 18.1. The molecule has 3 heterocycles. The Hall–Kier alpha value is -2.68. The Morgan fingerprint density at radius 3 is 3.00 bits per heavy atom. The summed E-state index contributed by atoms with van der Waals surface area (Å²) in [7, 11) is 1.80. The number of nitrogens with zero attached hydrogens (tertiary/aromatic N) is 5. The Morgan fingerprint density at radius 1 is 1.42 bits per heavy atom. The van der Waals surface area contributed by atoms with E-state index in [0.29, 0.717) is 32.5 Å². The first-order valence-electron chi connectivity index (χ1n) is 8.71. The predicted octanol–water partition coefficient (Wildman–Crippen LogP) is 0.171. The van der Waals surface area contributed by atoms with Gasteiger partial charge in [0.2, 0.25) is 5.91 Å². The molecule has 1 amide bonds. The number of aromatic nitrogens is 4. The van der Waals surface area contributed by atoms with Gasteiger partial charge in [0, 0.05) is 57.6 Å². The summed E-state index contributed by atoms with van der Waals surface area (Å²) in [5, 5.41) is 20.7. The van der Waals surface area contributed by atoms with Crippen LogP contribution < -0.4 is 15.5 Å². The number of rotatable bonds is 7. The van der Waals surface area contributed by atoms with E-state index in [4.69, 9.17) is 0 Å². The van der Waals surface area contributed by atoms with Gasteiger partial charge in [0.25, 0.3) is 0 Å². The van der Waals surface area contributed by atoms with E-state index in [1.54, 1.807) is 17.9 Å². The lowest BCUT2D eigenvalue weighted by atomic mass is 10.0. The van der Waals surface area contributed by atoms with Gasteiger partial charge in [-0.3, -0.25) is 9.48 Å². The fourth-order valence-corrected chi connectivity index (χ4v) is 3.04. The quantitative estimate of drug-likeness (QED) is 0.647. The minimum Gasteiger partial charge on any atom is -0.386 e. The van der Waals surface area contributed by atoms with Crippen molar-refractivity contribution in [3.05, 3.63) is 30.4 Å². The van der Waals surface area contributed by atoms with Crippen molar-refractivity contribution in [3.63, 3.8) is 0 Å². The number of aliphatic hydroxyl groups is 1. The summed E-state index contributed by atoms with van der Waals surface area (Å²) in [5.41, 5.74) is 0.0656. The van der Waals surface area contributed by atoms with Gasteiger partial charge in [0.15, 0.2) is 0 Å². The molecule has 3 N–H and O–H groups in total. The van der Waals surface area contributed by atoms with Crippen molar-refractivity contribution in [2.75, 3.05) is 36.9 Å². The highest BCUT2D eigenvalue weighted by Crippen LogP contribution is 2.25. The van der Waals surface area contributed by atoms with Crippen LogP contribution >= 0.6 is 0 Å². The Kier molecular flexibility index (Phi) is 5.36. The maximum absolute atomic E-state index is 12.1. The number of carbonyl (C=O) groups is 1. The Labute approximate surface area is 152 Å². The Morgan fingerprint density at radius 2 is 2.27 bits per heavy atom. The summed E-state index contributed by atoms with van der Waals surface area (Å²) in [5.74, 6) is 1.40. The van der Waals surface area contributed by atoms with E-state index in [9.17, 15) is 9.90 Å². The van der Waals surface area contributed by atoms with Crippen LogP contribution in [0.15, 0.2) is 24.7 Å². The third-order valence-electron chi connectivity index (χ3n) is 4.66. The molecule has 0 spiro atoms. The van der Waals surface area contributed by atoms with Crippen molar-refractivity contribution < 1.29 is 9.90 Å². The molecule has 0 radical (unpaired) electrons. The summed E-state index contributed by atoms with van der Waals surface area (Å²) in [4.78, 5) is 22.4. The molecule has 1 fully saturated rings. The van der Waals surface area contributed by atoms with E-state index in [2.05, 4.69) is 25.7 Å². The molecule has 2 aromatic heterocycles. The van der Waals surface area contributed by atoms with E-state index in [1.807, 2.05) is 24.0 Å². The molecule has 9 heteroatoms. The smallest absolute Gasteiger partial charge is 0.221 e. The van der Waals surface area contributed by atoms with E-state index in [0.717, 1.165) is 17.3 Å². The van der Waals surface area contributed by atoms with Gasteiger partial charge >= 0.3 is 0 Å². The minimum atomic E-state index is -0.956. The topological polar surface area (TPSA) is 108 Å². The molecule has 3 rings (SSSR count). The molecule has 0 unspecified atom stereocenters. The van der Waals surface area contributed by atoms with Crippen molar-refractivity contribution in [1.82, 2.24) is 25.1 Å². The van der Waals surface area contributed by atoms with Gasteiger partial charge in [-0.15, -0.1) is 0 Å². The van der Waals surface area contributed by atoms with Gasteiger partial charge in [-0.25, -0.2) is 9.97 Å². The summed E-state index contributed by atoms with van der Waals surface area (Å²) < 4.78 is 1.79. The van der Waals surface area contributed by atoms with Crippen molar-refractivity contribution in [2.24, 2.45) is 0 Å². The molecule has 26 heavy (non-hydrogen) atoms. The van der Waals surface area contributed by atoms with Crippen molar-refractivity contribution in [1.29, 1.82) is 0 Å². The van der Waals surface area contributed by atoms with Crippen LogP contribution in [0.3, 0.4) is 0 Å². The molecule has 0 aromatic carbocycles. The van der Waals surface area contributed by atoms with Crippen molar-refractivity contribution in [3.8, 4) is 0 Å². The average Bonchev–Trinajstić information content (AvgIpc) is 3.24. The SMILES string of the molecule is CNc1cc(N2CC[C@](O)(CNC(=O)CCn3nccc3C)C2)ncn1. The number of β-amino-alcohol motifs (C(OH)–C–C–N with tert-alkyl or cyclic N) is 1. The second kappa shape index (κ2) is 7.69. The van der Waals surface area contributed by atoms with Gasteiger partial charge in [-0.1, -0.05) is 0 Å². The highest BCUT2D eigenvalue weighted by Gasteiger charge is 2.37. The number of aryl methyl sites for hydroxylation is 2. The molecule has 1 atom stereocenters. The molecular formula is C17H25N7O2. The summed E-state index contributed by atoms with van der Waals surface area (Å²) in [6, 6.07) is 3.75. The van der Waals surface area contributed by atoms with Crippen LogP contribution in [0.4, 0.5) is 11.6 Å². The van der Waals surface area contributed by atoms with E-state index < -0.39 is 5.60 Å². The number of amides is 1. The van der Waals surface area contributed by atoms with Gasteiger partial charge in [-0.2, -0.15) is 5.10 Å². The second-order valence-electron chi connectivity index (χ2n) is 6.63. The van der Waals surface area contributed by atoms with Crippen LogP contribution in [-0.2, 0) is 11.3 Å². The monoisotopic (exact) mass is 359 g/mol. The molecule has 140 valence electrons. The molecule has 0 bridgehead atoms. The lowest BCUT2D eigenvalue weighted by molar-refractivity contribution is -0.122. The van der Waals surface area contributed by atoms with Gasteiger partial charge in [-0.05, 0) is 19.4 Å². The highest BCUT2D eigenvalue weighted by molar-refractivity contribution is 5.75. The fourth-order valence-electron chi connectivity index (χ4n) is 3.04. The van der Waals surface area contributed by atoms with Crippen LogP contribution in [0, 0.1) is 6.92 Å². The van der Waals surface area contributed by atoms with Crippen molar-refractivity contribution >= 4 is 17.5 Å². The van der Waals surface area contributed by atoms with Gasteiger partial charge < -0.3 is 20.6 Å². The van der Waals surface area contributed by atoms with E-state index in [1.165, 1.54) is 6.33 Å². The molecule has 1 aliphatic heterocycles. The number of nitrogens with one attached hydrogen (secondary N) is 2. The molecule has 0 aliphatic carbocycles. The van der Waals surface area contributed by atoms with E-state index in [-0.39, 0.29) is 12.5 Å². The van der Waals surface area contributed by atoms with Crippen LogP contribution in [0.5, 0.6) is 0 Å². The zero-order valence-corrected chi connectivity index (χ0v) is 15.1. The molecule has 1 aliphatic rings. The number of carbonyl (C=O) groups excluding carboxylic acids is 1. The summed E-state index contributed by atoms with van der Waals surface area (Å²) in [6.07, 6.45) is 4.12. The van der Waals surface area contributed by atoms with Crippen LogP contribution in [0.25, 0.3) is 0 Å². The third-order valence-corrected chi connectivity index (χ3v) is 4.66. The third kappa shape index (κ3) is 4.29. The standard InChI is InChI=1S/C17H25N7O2/c1-13-3-6-22-24(13)7-4-16(25)19-10-17(26)5-8-23(11-17)15-9-14(18-2)20-12-21-15/h3,6,9,12,26H,4-5,7-8,10-11H2,1-2H3,(H,19,25)(H,18,20,21)/t17-/m0/s1. The molecule has 2 aromatic rings. The largest absolute Gasteiger partial charge is 0.386 e. The number of anilines is 2. The van der Waals surface area contributed by atoms with Crippen LogP contribution in [0.1, 0.15) is 18.5 Å². The maximum Gasteiger partial charge on any atom is 0.221 e. The van der Waals surface area contributed by atoms with Crippen molar-refractivity contribution in [2.45, 2.75) is 31.9 Å². The lowest BCUT2D eigenvalue weighted by Crippen LogP contribution is -2.45. The van der Waals surface area contributed by atoms with Crippen LogP contribution in [0.2, 0.25) is 0 Å². The Balaban J connectivity index is 1.48. The zero-order valence-electron chi connectivity index (χ0n) is 15.1. The van der Waals surface area contributed by atoms with E-state index >= 15 is 0 Å². The Bertz CT molecular complexity index is 763. The molecule has 1 saturated heterocycles. The van der Waals surface area contributed by atoms with Crippen LogP contribution in [-0.4, -0.2) is 63.0 Å². The highest BCUT2D eigenvalue weighted by atomic mass is 16.3. The predicted molar refractivity (Wildman–Crippen MR) is 97.9 cm³/mol. The molecule has 0 saturated carbocycles. The summed E-state index contributed by atoms with van der Waals surface area (Å²) >= 11 is 0. The first-order chi connectivity index (χ1) is 12.5. The zero-order chi connectivity index (χ0) is 18.6. The number of hydrogen-bond donors (Lipinski definition) is 3. The second-order valence-corrected chi connectivity index (χ2v) is 6.63. The van der Waals surface area contributed by atoms with Gasteiger partial charge in [0.1, 0.15) is 23.6 Å². The number of hydrogen-bond acceptors (Lipinski definition) is 7. The molecular weight excluding hydrogens is 334 g/mol. The normalized spacial score (nSPS) is 19.6. The summed E-state index contributed by atoms with van der Waals surface area (Å²) in [6.45, 7) is 3.81. The molecule has 9 nitrogen and oxygen atoms in total. The maximum atomic E-state index is 12.1. The fraction of sp³-hybridized carbons (Fsp3) is 0.529. The lowest BCUT2D eigenvalue weighted by Gasteiger charge is -2.24.